The number of ether oxygens (including phenoxy) is 1. The molecule has 144 valence electrons. The van der Waals surface area contributed by atoms with Gasteiger partial charge in [0.05, 0.1) is 18.4 Å². The van der Waals surface area contributed by atoms with Crippen LogP contribution in [-0.2, 0) is 0 Å². The third-order valence-corrected chi connectivity index (χ3v) is 4.46. The highest BCUT2D eigenvalue weighted by Gasteiger charge is 2.17. The molecule has 0 saturated heterocycles. The summed E-state index contributed by atoms with van der Waals surface area (Å²) in [5.74, 6) is 1.09. The zero-order valence-electron chi connectivity index (χ0n) is 16.0. The van der Waals surface area contributed by atoms with Crippen molar-refractivity contribution in [3.8, 4) is 28.7 Å². The molecule has 0 aliphatic carbocycles. The van der Waals surface area contributed by atoms with E-state index in [1.165, 1.54) is 0 Å². The number of benzene rings is 3. The van der Waals surface area contributed by atoms with Gasteiger partial charge < -0.3 is 14.5 Å². The van der Waals surface area contributed by atoms with E-state index in [0.29, 0.717) is 34.3 Å². The van der Waals surface area contributed by atoms with Crippen molar-refractivity contribution in [1.29, 1.82) is 0 Å². The predicted molar refractivity (Wildman–Crippen MR) is 111 cm³/mol. The average Bonchev–Trinajstić information content (AvgIpc) is 3.25. The summed E-state index contributed by atoms with van der Waals surface area (Å²) in [6, 6.07) is 22.1. The Morgan fingerprint density at radius 2 is 1.66 bits per heavy atom. The molecule has 1 N–H and O–H groups in total. The summed E-state index contributed by atoms with van der Waals surface area (Å²) in [4.78, 5) is 12.7. The van der Waals surface area contributed by atoms with Crippen LogP contribution in [-0.4, -0.2) is 23.2 Å². The fourth-order valence-corrected chi connectivity index (χ4v) is 2.87. The van der Waals surface area contributed by atoms with Crippen LogP contribution < -0.4 is 10.1 Å². The Kier molecular flexibility index (Phi) is 5.07. The molecule has 0 unspecified atom stereocenters. The highest BCUT2D eigenvalue weighted by Crippen LogP contribution is 2.33. The summed E-state index contributed by atoms with van der Waals surface area (Å²) < 4.78 is 11.2. The van der Waals surface area contributed by atoms with E-state index >= 15 is 0 Å². The van der Waals surface area contributed by atoms with Crippen LogP contribution in [0.5, 0.6) is 5.75 Å². The van der Waals surface area contributed by atoms with Crippen molar-refractivity contribution in [2.75, 3.05) is 12.4 Å². The molecule has 0 saturated carbocycles. The second-order valence-electron chi connectivity index (χ2n) is 6.51. The molecular weight excluding hydrogens is 366 g/mol. The Labute approximate surface area is 168 Å². The van der Waals surface area contributed by atoms with Crippen molar-refractivity contribution in [3.63, 3.8) is 0 Å². The van der Waals surface area contributed by atoms with E-state index in [4.69, 9.17) is 9.15 Å². The van der Waals surface area contributed by atoms with Gasteiger partial charge in [0.25, 0.3) is 5.91 Å². The van der Waals surface area contributed by atoms with Gasteiger partial charge in [0.2, 0.25) is 11.8 Å². The first kappa shape index (κ1) is 18.4. The van der Waals surface area contributed by atoms with Gasteiger partial charge in [-0.15, -0.1) is 10.2 Å². The fourth-order valence-electron chi connectivity index (χ4n) is 2.87. The molecule has 1 amide bonds. The molecule has 1 heterocycles. The lowest BCUT2D eigenvalue weighted by atomic mass is 10.1. The number of hydrogen-bond acceptors (Lipinski definition) is 5. The van der Waals surface area contributed by atoms with Gasteiger partial charge in [-0.3, -0.25) is 4.79 Å². The zero-order chi connectivity index (χ0) is 20.2. The Bertz CT molecular complexity index is 1140. The standard InChI is InChI=1S/C23H19N3O3/c1-15-8-10-16(11-9-15)21(27)24-20-13-12-18(28-2)14-19(20)23-26-25-22(29-23)17-6-4-3-5-7-17/h3-14H,1-2H3,(H,24,27). The van der Waals surface area contributed by atoms with E-state index in [1.807, 2.05) is 49.4 Å². The summed E-state index contributed by atoms with van der Waals surface area (Å²) in [6.45, 7) is 1.98. The lowest BCUT2D eigenvalue weighted by Crippen LogP contribution is -2.12. The number of nitrogens with one attached hydrogen (secondary N) is 1. The van der Waals surface area contributed by atoms with Crippen LogP contribution in [0.3, 0.4) is 0 Å². The first-order valence-electron chi connectivity index (χ1n) is 9.09. The van der Waals surface area contributed by atoms with E-state index < -0.39 is 0 Å². The third kappa shape index (κ3) is 4.01. The van der Waals surface area contributed by atoms with Crippen LogP contribution >= 0.6 is 0 Å². The SMILES string of the molecule is COc1ccc(NC(=O)c2ccc(C)cc2)c(-c2nnc(-c3ccccc3)o2)c1. The van der Waals surface area contributed by atoms with Crippen molar-refractivity contribution >= 4 is 11.6 Å². The monoisotopic (exact) mass is 385 g/mol. The minimum absolute atomic E-state index is 0.223. The molecule has 1 aromatic heterocycles. The maximum Gasteiger partial charge on any atom is 0.255 e. The predicted octanol–water partition coefficient (Wildman–Crippen LogP) is 4.97. The van der Waals surface area contributed by atoms with Gasteiger partial charge in [0.1, 0.15) is 5.75 Å². The van der Waals surface area contributed by atoms with E-state index in [1.54, 1.807) is 37.4 Å². The van der Waals surface area contributed by atoms with E-state index in [2.05, 4.69) is 15.5 Å². The Balaban J connectivity index is 1.68. The number of nitrogens with zero attached hydrogens (tertiary/aromatic N) is 2. The fraction of sp³-hybridized carbons (Fsp3) is 0.0870. The summed E-state index contributed by atoms with van der Waals surface area (Å²) >= 11 is 0. The molecule has 29 heavy (non-hydrogen) atoms. The van der Waals surface area contributed by atoms with Crippen LogP contribution in [0.25, 0.3) is 22.9 Å². The number of anilines is 1. The summed E-state index contributed by atoms with van der Waals surface area (Å²) in [5.41, 5.74) is 3.61. The van der Waals surface area contributed by atoms with Crippen LogP contribution in [0.4, 0.5) is 5.69 Å². The van der Waals surface area contributed by atoms with Crippen molar-refractivity contribution < 1.29 is 13.9 Å². The largest absolute Gasteiger partial charge is 0.497 e. The van der Waals surface area contributed by atoms with E-state index in [9.17, 15) is 4.79 Å². The smallest absolute Gasteiger partial charge is 0.255 e. The van der Waals surface area contributed by atoms with E-state index in [-0.39, 0.29) is 5.91 Å². The van der Waals surface area contributed by atoms with Crippen molar-refractivity contribution in [3.05, 3.63) is 83.9 Å². The molecule has 0 fully saturated rings. The topological polar surface area (TPSA) is 77.2 Å². The first-order chi connectivity index (χ1) is 14.1. The number of amides is 1. The molecule has 4 rings (SSSR count). The minimum Gasteiger partial charge on any atom is -0.497 e. The minimum atomic E-state index is -0.223. The van der Waals surface area contributed by atoms with Crippen molar-refractivity contribution in [2.45, 2.75) is 6.92 Å². The maximum atomic E-state index is 12.7. The number of aryl methyl sites for hydroxylation is 1. The third-order valence-electron chi connectivity index (χ3n) is 4.46. The number of carbonyl (C=O) groups excluding carboxylic acids is 1. The zero-order valence-corrected chi connectivity index (χ0v) is 16.0. The molecule has 6 heteroatoms. The van der Waals surface area contributed by atoms with Gasteiger partial charge in [-0.25, -0.2) is 0 Å². The Morgan fingerprint density at radius 1 is 0.931 bits per heavy atom. The quantitative estimate of drug-likeness (QED) is 0.525. The Hall–Kier alpha value is -3.93. The Morgan fingerprint density at radius 3 is 2.38 bits per heavy atom. The molecule has 0 radical (unpaired) electrons. The van der Waals surface area contributed by atoms with Crippen LogP contribution in [0, 0.1) is 6.92 Å². The van der Waals surface area contributed by atoms with Crippen molar-refractivity contribution in [2.24, 2.45) is 0 Å². The van der Waals surface area contributed by atoms with Crippen LogP contribution in [0.2, 0.25) is 0 Å². The first-order valence-corrected chi connectivity index (χ1v) is 9.09. The molecule has 0 spiro atoms. The molecule has 3 aromatic carbocycles. The van der Waals surface area contributed by atoms with Crippen molar-refractivity contribution in [1.82, 2.24) is 10.2 Å². The van der Waals surface area contributed by atoms with Gasteiger partial charge in [-0.2, -0.15) is 0 Å². The number of hydrogen-bond donors (Lipinski definition) is 1. The molecule has 0 atom stereocenters. The lowest BCUT2D eigenvalue weighted by molar-refractivity contribution is 0.102. The molecule has 0 aliphatic heterocycles. The summed E-state index contributed by atoms with van der Waals surface area (Å²) in [7, 11) is 1.58. The molecular formula is C23H19N3O3. The normalized spacial score (nSPS) is 10.6. The van der Waals surface area contributed by atoms with Crippen LogP contribution in [0.15, 0.2) is 77.2 Å². The highest BCUT2D eigenvalue weighted by molar-refractivity contribution is 6.06. The van der Waals surface area contributed by atoms with E-state index in [0.717, 1.165) is 11.1 Å². The van der Waals surface area contributed by atoms with Gasteiger partial charge in [0, 0.05) is 11.1 Å². The number of methoxy groups -OCH3 is 1. The van der Waals surface area contributed by atoms with Crippen LogP contribution in [0.1, 0.15) is 15.9 Å². The van der Waals surface area contributed by atoms with Gasteiger partial charge in [-0.05, 0) is 49.4 Å². The molecule has 0 aliphatic rings. The lowest BCUT2D eigenvalue weighted by Gasteiger charge is -2.11. The second kappa shape index (κ2) is 7.98. The number of rotatable bonds is 5. The van der Waals surface area contributed by atoms with Gasteiger partial charge >= 0.3 is 0 Å². The molecule has 6 nitrogen and oxygen atoms in total. The highest BCUT2D eigenvalue weighted by atomic mass is 16.5. The number of carbonyl (C=O) groups is 1. The average molecular weight is 385 g/mol. The van der Waals surface area contributed by atoms with Gasteiger partial charge in [0.15, 0.2) is 0 Å². The number of aromatic nitrogens is 2. The molecule has 0 bridgehead atoms. The summed E-state index contributed by atoms with van der Waals surface area (Å²) in [5, 5.41) is 11.2. The maximum absolute atomic E-state index is 12.7. The van der Waals surface area contributed by atoms with Gasteiger partial charge in [-0.1, -0.05) is 35.9 Å². The summed E-state index contributed by atoms with van der Waals surface area (Å²) in [6.07, 6.45) is 0. The molecule has 4 aromatic rings. The second-order valence-corrected chi connectivity index (χ2v) is 6.51.